The lowest BCUT2D eigenvalue weighted by Gasteiger charge is -2.09. The Hall–Kier alpha value is -1.92. The Labute approximate surface area is 105 Å². The first-order valence-corrected chi connectivity index (χ1v) is 5.80. The number of hydrogen-bond acceptors (Lipinski definition) is 4. The number of rotatable bonds is 7. The molecule has 0 aliphatic carbocycles. The molecule has 1 heterocycles. The number of carbonyl (C=O) groups excluding carboxylic acids is 1. The predicted octanol–water partition coefficient (Wildman–Crippen LogP) is -0.0253. The monoisotopic (exact) mass is 254 g/mol. The van der Waals surface area contributed by atoms with Gasteiger partial charge >= 0.3 is 5.97 Å². The highest BCUT2D eigenvalue weighted by Gasteiger charge is 2.12. The third-order valence-corrected chi connectivity index (χ3v) is 2.53. The molecule has 1 aromatic heterocycles. The predicted molar refractivity (Wildman–Crippen MR) is 63.8 cm³/mol. The van der Waals surface area contributed by atoms with Crippen LogP contribution in [0.3, 0.4) is 0 Å². The molecule has 0 saturated heterocycles. The van der Waals surface area contributed by atoms with Gasteiger partial charge in [0.2, 0.25) is 5.91 Å². The van der Waals surface area contributed by atoms with Crippen molar-refractivity contribution in [3.05, 3.63) is 12.2 Å². The summed E-state index contributed by atoms with van der Waals surface area (Å²) in [6, 6.07) is 0. The summed E-state index contributed by atoms with van der Waals surface area (Å²) >= 11 is 0. The van der Waals surface area contributed by atoms with Gasteiger partial charge in [0, 0.05) is 32.9 Å². The normalized spacial score (nSPS) is 12.1. The van der Waals surface area contributed by atoms with Gasteiger partial charge in [-0.05, 0) is 5.92 Å². The maximum atomic E-state index is 11.5. The fourth-order valence-electron chi connectivity index (χ4n) is 1.61. The lowest BCUT2D eigenvalue weighted by Crippen LogP contribution is -2.28. The molecule has 0 fully saturated rings. The molecule has 1 atom stereocenters. The maximum absolute atomic E-state index is 11.5. The summed E-state index contributed by atoms with van der Waals surface area (Å²) in [5, 5.41) is 19.0. The van der Waals surface area contributed by atoms with Crippen molar-refractivity contribution < 1.29 is 14.7 Å². The molecule has 7 heteroatoms. The Bertz CT molecular complexity index is 416. The lowest BCUT2D eigenvalue weighted by molar-refractivity contribution is -0.138. The molecule has 0 aliphatic rings. The lowest BCUT2D eigenvalue weighted by atomic mass is 10.0. The smallest absolute Gasteiger partial charge is 0.303 e. The second kappa shape index (κ2) is 6.73. The van der Waals surface area contributed by atoms with Crippen molar-refractivity contribution in [2.24, 2.45) is 13.0 Å². The zero-order chi connectivity index (χ0) is 13.5. The molecule has 18 heavy (non-hydrogen) atoms. The van der Waals surface area contributed by atoms with E-state index in [0.717, 1.165) is 5.82 Å². The second-order valence-corrected chi connectivity index (χ2v) is 4.37. The number of hydrogen-bond donors (Lipinski definition) is 2. The van der Waals surface area contributed by atoms with Gasteiger partial charge in [-0.15, -0.1) is 10.2 Å². The summed E-state index contributed by atoms with van der Waals surface area (Å²) in [7, 11) is 1.84. The number of carboxylic acid groups (broad SMARTS) is 1. The molecule has 0 aliphatic heterocycles. The standard InChI is InChI=1S/C11H18N4O3/c1-8(6-11(17)18)5-10(16)12-4-3-9-14-13-7-15(9)2/h7-8H,3-6H2,1-2H3,(H,12,16)(H,17,18). The Morgan fingerprint density at radius 1 is 1.50 bits per heavy atom. The number of aromatic nitrogens is 3. The second-order valence-electron chi connectivity index (χ2n) is 4.37. The van der Waals surface area contributed by atoms with Crippen LogP contribution >= 0.6 is 0 Å². The van der Waals surface area contributed by atoms with Crippen LogP contribution in [0.4, 0.5) is 0 Å². The van der Waals surface area contributed by atoms with Gasteiger partial charge in [0.1, 0.15) is 12.2 Å². The van der Waals surface area contributed by atoms with Crippen LogP contribution < -0.4 is 5.32 Å². The van der Waals surface area contributed by atoms with Crippen molar-refractivity contribution in [2.75, 3.05) is 6.54 Å². The third-order valence-electron chi connectivity index (χ3n) is 2.53. The highest BCUT2D eigenvalue weighted by atomic mass is 16.4. The van der Waals surface area contributed by atoms with Crippen LogP contribution in [-0.4, -0.2) is 38.3 Å². The van der Waals surface area contributed by atoms with Crippen molar-refractivity contribution in [1.82, 2.24) is 20.1 Å². The summed E-state index contributed by atoms with van der Waals surface area (Å²) < 4.78 is 1.79. The number of aryl methyl sites for hydroxylation is 1. The third kappa shape index (κ3) is 4.94. The Balaban J connectivity index is 2.21. The molecule has 1 unspecified atom stereocenters. The molecule has 0 bridgehead atoms. The molecule has 1 aromatic rings. The highest BCUT2D eigenvalue weighted by Crippen LogP contribution is 2.06. The topological polar surface area (TPSA) is 97.1 Å². The fourth-order valence-corrected chi connectivity index (χ4v) is 1.61. The van der Waals surface area contributed by atoms with E-state index in [4.69, 9.17) is 5.11 Å². The van der Waals surface area contributed by atoms with Crippen LogP contribution in [0.2, 0.25) is 0 Å². The molecule has 0 saturated carbocycles. The number of carbonyl (C=O) groups is 2. The molecule has 2 N–H and O–H groups in total. The van der Waals surface area contributed by atoms with Crippen LogP contribution in [-0.2, 0) is 23.1 Å². The molecular formula is C11H18N4O3. The molecule has 1 rings (SSSR count). The minimum atomic E-state index is -0.880. The summed E-state index contributed by atoms with van der Waals surface area (Å²) in [6.07, 6.45) is 2.45. The van der Waals surface area contributed by atoms with Crippen LogP contribution in [0.15, 0.2) is 6.33 Å². The SMILES string of the molecule is CC(CC(=O)O)CC(=O)NCCc1nncn1C. The van der Waals surface area contributed by atoms with Crippen LogP contribution in [0.1, 0.15) is 25.6 Å². The number of nitrogens with zero attached hydrogens (tertiary/aromatic N) is 3. The minimum Gasteiger partial charge on any atom is -0.481 e. The quantitative estimate of drug-likeness (QED) is 0.712. The zero-order valence-electron chi connectivity index (χ0n) is 10.6. The van der Waals surface area contributed by atoms with Crippen LogP contribution in [0.5, 0.6) is 0 Å². The molecule has 0 spiro atoms. The first-order chi connectivity index (χ1) is 8.49. The zero-order valence-corrected chi connectivity index (χ0v) is 10.6. The van der Waals surface area contributed by atoms with Gasteiger partial charge in [0.25, 0.3) is 0 Å². The molecular weight excluding hydrogens is 236 g/mol. The van der Waals surface area contributed by atoms with E-state index in [9.17, 15) is 9.59 Å². The van der Waals surface area contributed by atoms with Crippen molar-refractivity contribution in [3.8, 4) is 0 Å². The summed E-state index contributed by atoms with van der Waals surface area (Å²) in [4.78, 5) is 21.9. The van der Waals surface area contributed by atoms with Crippen molar-refractivity contribution in [1.29, 1.82) is 0 Å². The van der Waals surface area contributed by atoms with E-state index in [0.29, 0.717) is 13.0 Å². The maximum Gasteiger partial charge on any atom is 0.303 e. The van der Waals surface area contributed by atoms with Gasteiger partial charge in [-0.3, -0.25) is 9.59 Å². The fraction of sp³-hybridized carbons (Fsp3) is 0.636. The molecule has 1 amide bonds. The van der Waals surface area contributed by atoms with E-state index in [1.165, 1.54) is 0 Å². The number of amides is 1. The number of aliphatic carboxylic acids is 1. The Morgan fingerprint density at radius 3 is 2.78 bits per heavy atom. The molecule has 0 aromatic carbocycles. The van der Waals surface area contributed by atoms with E-state index in [1.807, 2.05) is 7.05 Å². The van der Waals surface area contributed by atoms with Gasteiger partial charge in [-0.2, -0.15) is 0 Å². The van der Waals surface area contributed by atoms with Gasteiger partial charge in [0.05, 0.1) is 0 Å². The first kappa shape index (κ1) is 14.1. The van der Waals surface area contributed by atoms with Crippen LogP contribution in [0.25, 0.3) is 0 Å². The largest absolute Gasteiger partial charge is 0.481 e. The number of nitrogens with one attached hydrogen (secondary N) is 1. The van der Waals surface area contributed by atoms with Gasteiger partial charge in [0.15, 0.2) is 0 Å². The van der Waals surface area contributed by atoms with E-state index in [2.05, 4.69) is 15.5 Å². The van der Waals surface area contributed by atoms with Crippen molar-refractivity contribution in [2.45, 2.75) is 26.2 Å². The van der Waals surface area contributed by atoms with Gasteiger partial charge < -0.3 is 15.0 Å². The van der Waals surface area contributed by atoms with E-state index in [1.54, 1.807) is 17.8 Å². The minimum absolute atomic E-state index is 0.0106. The van der Waals surface area contributed by atoms with Gasteiger partial charge in [-0.25, -0.2) is 0 Å². The summed E-state index contributed by atoms with van der Waals surface area (Å²) in [5.74, 6) is -0.369. The first-order valence-electron chi connectivity index (χ1n) is 5.80. The van der Waals surface area contributed by atoms with E-state index >= 15 is 0 Å². The summed E-state index contributed by atoms with van der Waals surface area (Å²) in [6.45, 7) is 2.22. The summed E-state index contributed by atoms with van der Waals surface area (Å²) in [5.41, 5.74) is 0. The average molecular weight is 254 g/mol. The highest BCUT2D eigenvalue weighted by molar-refractivity contribution is 5.77. The van der Waals surface area contributed by atoms with Crippen molar-refractivity contribution >= 4 is 11.9 Å². The molecule has 7 nitrogen and oxygen atoms in total. The van der Waals surface area contributed by atoms with E-state index < -0.39 is 5.97 Å². The number of carboxylic acids is 1. The van der Waals surface area contributed by atoms with Crippen LogP contribution in [0, 0.1) is 5.92 Å². The Morgan fingerprint density at radius 2 is 2.22 bits per heavy atom. The Kier molecular flexibility index (Phi) is 5.29. The molecule has 100 valence electrons. The average Bonchev–Trinajstić information content (AvgIpc) is 2.63. The van der Waals surface area contributed by atoms with Gasteiger partial charge in [-0.1, -0.05) is 6.92 Å². The van der Waals surface area contributed by atoms with E-state index in [-0.39, 0.29) is 24.7 Å². The van der Waals surface area contributed by atoms with Crippen molar-refractivity contribution in [3.63, 3.8) is 0 Å². The molecule has 0 radical (unpaired) electrons.